The van der Waals surface area contributed by atoms with Crippen molar-refractivity contribution in [3.8, 4) is 17.6 Å². The molecular formula is C14H12FO3-. The van der Waals surface area contributed by atoms with E-state index in [1.807, 2.05) is 0 Å². The molecule has 3 nitrogen and oxygen atoms in total. The number of carboxylic acid groups (broad SMARTS) is 1. The maximum Gasteiger partial charge on any atom is 0.169 e. The Kier molecular flexibility index (Phi) is 3.24. The Bertz CT molecular complexity index is 536. The van der Waals surface area contributed by atoms with Gasteiger partial charge in [0, 0.05) is 5.56 Å². The van der Waals surface area contributed by atoms with E-state index in [0.717, 1.165) is 37.5 Å². The third-order valence-corrected chi connectivity index (χ3v) is 2.99. The van der Waals surface area contributed by atoms with Crippen molar-refractivity contribution in [3.05, 3.63) is 29.6 Å². The van der Waals surface area contributed by atoms with E-state index in [-0.39, 0.29) is 11.3 Å². The zero-order valence-corrected chi connectivity index (χ0v) is 9.96. The minimum atomic E-state index is -1.36. The molecule has 1 saturated carbocycles. The van der Waals surface area contributed by atoms with Crippen LogP contribution < -0.4 is 9.84 Å². The van der Waals surface area contributed by atoms with Gasteiger partial charge in [-0.2, -0.15) is 0 Å². The summed E-state index contributed by atoms with van der Waals surface area (Å²) in [6.07, 6.45) is 2.42. The first kappa shape index (κ1) is 12.4. The lowest BCUT2D eigenvalue weighted by Gasteiger charge is -2.37. The van der Waals surface area contributed by atoms with Crippen LogP contribution in [0.25, 0.3) is 0 Å². The van der Waals surface area contributed by atoms with E-state index < -0.39 is 17.4 Å². The predicted molar refractivity (Wildman–Crippen MR) is 61.4 cm³/mol. The summed E-state index contributed by atoms with van der Waals surface area (Å²) in [6, 6.07) is 3.35. The summed E-state index contributed by atoms with van der Waals surface area (Å²) in [4.78, 5) is 10.7. The molecule has 0 bridgehead atoms. The Hall–Kier alpha value is -2.02. The highest BCUT2D eigenvalue weighted by atomic mass is 19.1. The number of hydrogen-bond acceptors (Lipinski definition) is 3. The molecule has 0 atom stereocenters. The van der Waals surface area contributed by atoms with Gasteiger partial charge >= 0.3 is 0 Å². The normalized spacial score (nSPS) is 16.1. The summed E-state index contributed by atoms with van der Waals surface area (Å²) in [7, 11) is 0. The molecule has 0 saturated heterocycles. The first-order valence-corrected chi connectivity index (χ1v) is 5.70. The van der Waals surface area contributed by atoms with Gasteiger partial charge in [-0.1, -0.05) is 5.92 Å². The van der Waals surface area contributed by atoms with Gasteiger partial charge in [0.25, 0.3) is 0 Å². The van der Waals surface area contributed by atoms with Crippen LogP contribution in [-0.2, 0) is 0 Å². The Morgan fingerprint density at radius 2 is 2.22 bits per heavy atom. The number of benzene rings is 1. The fourth-order valence-electron chi connectivity index (χ4n) is 1.90. The van der Waals surface area contributed by atoms with Crippen LogP contribution in [0.2, 0.25) is 0 Å². The summed E-state index contributed by atoms with van der Waals surface area (Å²) in [5, 5.41) is 10.7. The highest BCUT2D eigenvalue weighted by Crippen LogP contribution is 2.37. The van der Waals surface area contributed by atoms with Crippen LogP contribution in [0.4, 0.5) is 4.39 Å². The van der Waals surface area contributed by atoms with Crippen LogP contribution >= 0.6 is 0 Å². The van der Waals surface area contributed by atoms with E-state index >= 15 is 0 Å². The van der Waals surface area contributed by atoms with E-state index in [2.05, 4.69) is 11.8 Å². The minimum Gasteiger partial charge on any atom is -0.545 e. The molecule has 4 heteroatoms. The molecule has 0 N–H and O–H groups in total. The number of aromatic carboxylic acids is 1. The number of carboxylic acids is 1. The zero-order chi connectivity index (χ0) is 13.2. The highest BCUT2D eigenvalue weighted by molar-refractivity contribution is 5.86. The Morgan fingerprint density at radius 3 is 2.72 bits per heavy atom. The van der Waals surface area contributed by atoms with Crippen molar-refractivity contribution >= 4 is 5.97 Å². The van der Waals surface area contributed by atoms with Crippen molar-refractivity contribution in [3.63, 3.8) is 0 Å². The van der Waals surface area contributed by atoms with Gasteiger partial charge in [-0.25, -0.2) is 4.39 Å². The van der Waals surface area contributed by atoms with Crippen LogP contribution in [0.5, 0.6) is 5.75 Å². The highest BCUT2D eigenvalue weighted by Gasteiger charge is 2.38. The molecule has 1 aromatic rings. The fourth-order valence-corrected chi connectivity index (χ4v) is 1.90. The van der Waals surface area contributed by atoms with Crippen LogP contribution in [0.3, 0.4) is 0 Å². The standard InChI is InChI=1S/C14H13FO3/c1-2-6-14(7-3-8-14)18-12-9-10(13(16)17)4-5-11(12)15/h4-5,9H,3,7-8H2,1H3,(H,16,17)/p-1. The maximum absolute atomic E-state index is 13.6. The number of halogens is 1. The van der Waals surface area contributed by atoms with E-state index in [0.29, 0.717) is 0 Å². The third kappa shape index (κ3) is 2.30. The van der Waals surface area contributed by atoms with Gasteiger partial charge in [0.1, 0.15) is 0 Å². The molecule has 0 spiro atoms. The van der Waals surface area contributed by atoms with Gasteiger partial charge < -0.3 is 14.6 Å². The Morgan fingerprint density at radius 1 is 1.50 bits per heavy atom. The van der Waals surface area contributed by atoms with Crippen molar-refractivity contribution in [1.29, 1.82) is 0 Å². The molecule has 1 aromatic carbocycles. The largest absolute Gasteiger partial charge is 0.545 e. The molecule has 0 amide bonds. The van der Waals surface area contributed by atoms with Crippen LogP contribution in [-0.4, -0.2) is 11.6 Å². The van der Waals surface area contributed by atoms with E-state index in [1.165, 1.54) is 0 Å². The van der Waals surface area contributed by atoms with Crippen LogP contribution in [0, 0.1) is 17.7 Å². The van der Waals surface area contributed by atoms with Crippen molar-refractivity contribution in [2.24, 2.45) is 0 Å². The maximum atomic E-state index is 13.6. The Balaban J connectivity index is 2.29. The summed E-state index contributed by atoms with van der Waals surface area (Å²) in [5.41, 5.74) is -0.773. The molecule has 0 aromatic heterocycles. The average Bonchev–Trinajstić information content (AvgIpc) is 2.28. The first-order valence-electron chi connectivity index (χ1n) is 5.70. The molecular weight excluding hydrogens is 235 g/mol. The molecule has 2 rings (SSSR count). The van der Waals surface area contributed by atoms with Gasteiger partial charge in [0.2, 0.25) is 0 Å². The lowest BCUT2D eigenvalue weighted by molar-refractivity contribution is -0.255. The van der Waals surface area contributed by atoms with Gasteiger partial charge in [-0.3, -0.25) is 0 Å². The van der Waals surface area contributed by atoms with Gasteiger partial charge in [-0.05, 0) is 44.4 Å². The topological polar surface area (TPSA) is 49.4 Å². The molecule has 0 aliphatic heterocycles. The minimum absolute atomic E-state index is 0.0841. The lowest BCUT2D eigenvalue weighted by atomic mass is 9.80. The van der Waals surface area contributed by atoms with E-state index in [9.17, 15) is 14.3 Å². The smallest absolute Gasteiger partial charge is 0.169 e. The summed E-state index contributed by atoms with van der Waals surface area (Å²) >= 11 is 0. The second kappa shape index (κ2) is 4.69. The van der Waals surface area contributed by atoms with Crippen molar-refractivity contribution in [1.82, 2.24) is 0 Å². The number of ether oxygens (including phenoxy) is 1. The molecule has 0 heterocycles. The van der Waals surface area contributed by atoms with Crippen molar-refractivity contribution in [2.45, 2.75) is 31.8 Å². The van der Waals surface area contributed by atoms with E-state index in [4.69, 9.17) is 4.74 Å². The molecule has 1 fully saturated rings. The van der Waals surface area contributed by atoms with E-state index in [1.54, 1.807) is 6.92 Å². The average molecular weight is 247 g/mol. The second-order valence-corrected chi connectivity index (χ2v) is 4.26. The molecule has 0 radical (unpaired) electrons. The number of rotatable bonds is 3. The first-order chi connectivity index (χ1) is 8.56. The lowest BCUT2D eigenvalue weighted by Crippen LogP contribution is -2.42. The number of hydrogen-bond donors (Lipinski definition) is 0. The zero-order valence-electron chi connectivity index (χ0n) is 9.96. The summed E-state index contributed by atoms with van der Waals surface area (Å²) in [5.74, 6) is 3.64. The van der Waals surface area contributed by atoms with Gasteiger partial charge in [0.05, 0.1) is 5.97 Å². The number of carbonyl (C=O) groups excluding carboxylic acids is 1. The predicted octanol–water partition coefficient (Wildman–Crippen LogP) is 1.51. The molecule has 94 valence electrons. The SMILES string of the molecule is CC#CC1(Oc2cc(C(=O)[O-])ccc2F)CCC1. The molecule has 0 unspecified atom stereocenters. The van der Waals surface area contributed by atoms with Gasteiger partial charge in [0.15, 0.2) is 17.2 Å². The van der Waals surface area contributed by atoms with Crippen LogP contribution in [0.15, 0.2) is 18.2 Å². The van der Waals surface area contributed by atoms with Crippen molar-refractivity contribution in [2.75, 3.05) is 0 Å². The third-order valence-electron chi connectivity index (χ3n) is 2.99. The quantitative estimate of drug-likeness (QED) is 0.761. The monoisotopic (exact) mass is 247 g/mol. The summed E-state index contributed by atoms with van der Waals surface area (Å²) in [6.45, 7) is 1.69. The Labute approximate surface area is 105 Å². The second-order valence-electron chi connectivity index (χ2n) is 4.26. The number of carbonyl (C=O) groups is 1. The molecule has 1 aliphatic rings. The summed E-state index contributed by atoms with van der Waals surface area (Å²) < 4.78 is 19.1. The fraction of sp³-hybridized carbons (Fsp3) is 0.357. The molecule has 1 aliphatic carbocycles. The molecule has 18 heavy (non-hydrogen) atoms. The van der Waals surface area contributed by atoms with Crippen molar-refractivity contribution < 1.29 is 19.0 Å². The van der Waals surface area contributed by atoms with Crippen LogP contribution in [0.1, 0.15) is 36.5 Å². The van der Waals surface area contributed by atoms with Gasteiger partial charge in [-0.15, -0.1) is 5.92 Å².